The average Bonchev–Trinajstić information content (AvgIpc) is 2.16. The Bertz CT molecular complexity index is 354. The molecule has 0 spiro atoms. The van der Waals surface area contributed by atoms with E-state index in [0.29, 0.717) is 11.7 Å². The van der Waals surface area contributed by atoms with Crippen molar-refractivity contribution >= 4 is 21.2 Å². The Morgan fingerprint density at radius 1 is 1.07 bits per heavy atom. The summed E-state index contributed by atoms with van der Waals surface area (Å²) in [6.07, 6.45) is 0.529. The van der Waals surface area contributed by atoms with Gasteiger partial charge in [-0.05, 0) is 29.9 Å². The van der Waals surface area contributed by atoms with Crippen LogP contribution >= 0.6 is 9.24 Å². The minimum Gasteiger partial charge on any atom is -0.478 e. The largest absolute Gasteiger partial charge is 0.478 e. The van der Waals surface area contributed by atoms with Crippen LogP contribution in [0.15, 0.2) is 18.2 Å². The van der Waals surface area contributed by atoms with E-state index in [2.05, 4.69) is 9.24 Å². The summed E-state index contributed by atoms with van der Waals surface area (Å²) in [5.74, 6) is -2.24. The molecular formula is C9H9O4P. The molecule has 0 amide bonds. The summed E-state index contributed by atoms with van der Waals surface area (Å²) in [7, 11) is 2.42. The van der Waals surface area contributed by atoms with Crippen LogP contribution in [0.1, 0.15) is 26.3 Å². The van der Waals surface area contributed by atoms with Crippen molar-refractivity contribution in [3.8, 4) is 0 Å². The first-order chi connectivity index (χ1) is 6.54. The van der Waals surface area contributed by atoms with Gasteiger partial charge in [0.25, 0.3) is 0 Å². The van der Waals surface area contributed by atoms with Crippen LogP contribution in [0.5, 0.6) is 0 Å². The zero-order valence-corrected chi connectivity index (χ0v) is 8.38. The molecule has 0 radical (unpaired) electrons. The average molecular weight is 212 g/mol. The fourth-order valence-corrected chi connectivity index (χ4v) is 1.29. The first-order valence-corrected chi connectivity index (χ1v) is 4.67. The first-order valence-electron chi connectivity index (χ1n) is 3.85. The van der Waals surface area contributed by atoms with E-state index < -0.39 is 11.9 Å². The number of carboxylic acids is 2. The molecule has 1 atom stereocenters. The molecule has 0 saturated carbocycles. The highest BCUT2D eigenvalue weighted by atomic mass is 31.0. The highest BCUT2D eigenvalue weighted by Gasteiger charge is 2.10. The van der Waals surface area contributed by atoms with Crippen molar-refractivity contribution < 1.29 is 19.8 Å². The van der Waals surface area contributed by atoms with Gasteiger partial charge in [-0.2, -0.15) is 0 Å². The third-order valence-electron chi connectivity index (χ3n) is 1.72. The molecule has 1 rings (SSSR count). The Kier molecular flexibility index (Phi) is 3.20. The molecule has 0 aliphatic rings. The van der Waals surface area contributed by atoms with Gasteiger partial charge in [-0.1, -0.05) is 0 Å². The van der Waals surface area contributed by atoms with Crippen molar-refractivity contribution in [2.24, 2.45) is 0 Å². The molecule has 74 valence electrons. The molecule has 0 saturated heterocycles. The Morgan fingerprint density at radius 2 is 1.50 bits per heavy atom. The summed E-state index contributed by atoms with van der Waals surface area (Å²) in [5.41, 5.74) is 0.678. The van der Waals surface area contributed by atoms with E-state index in [9.17, 15) is 9.59 Å². The minimum atomic E-state index is -1.12. The van der Waals surface area contributed by atoms with Crippen molar-refractivity contribution in [2.45, 2.75) is 6.16 Å². The predicted molar refractivity (Wildman–Crippen MR) is 53.8 cm³/mol. The van der Waals surface area contributed by atoms with E-state index in [1.165, 1.54) is 12.1 Å². The van der Waals surface area contributed by atoms with E-state index in [4.69, 9.17) is 10.2 Å². The fraction of sp³-hybridized carbons (Fsp3) is 0.111. The molecule has 0 fully saturated rings. The van der Waals surface area contributed by atoms with Crippen molar-refractivity contribution in [2.75, 3.05) is 0 Å². The number of hydrogen-bond acceptors (Lipinski definition) is 2. The summed E-state index contributed by atoms with van der Waals surface area (Å²) in [6, 6.07) is 4.07. The van der Waals surface area contributed by atoms with Crippen LogP contribution in [0.4, 0.5) is 0 Å². The quantitative estimate of drug-likeness (QED) is 0.743. The van der Waals surface area contributed by atoms with E-state index in [-0.39, 0.29) is 11.1 Å². The molecule has 1 unspecified atom stereocenters. The molecule has 4 nitrogen and oxygen atoms in total. The first kappa shape index (κ1) is 10.7. The molecule has 0 aliphatic carbocycles. The van der Waals surface area contributed by atoms with Crippen molar-refractivity contribution in [1.29, 1.82) is 0 Å². The van der Waals surface area contributed by atoms with Gasteiger partial charge in [0, 0.05) is 0 Å². The van der Waals surface area contributed by atoms with E-state index in [0.717, 1.165) is 6.07 Å². The summed E-state index contributed by atoms with van der Waals surface area (Å²) in [5, 5.41) is 17.4. The van der Waals surface area contributed by atoms with Crippen LogP contribution < -0.4 is 0 Å². The third-order valence-corrected chi connectivity index (χ3v) is 2.19. The van der Waals surface area contributed by atoms with Gasteiger partial charge in [-0.15, -0.1) is 9.24 Å². The summed E-state index contributed by atoms with van der Waals surface area (Å²) in [6.45, 7) is 0. The van der Waals surface area contributed by atoms with Crippen LogP contribution in [0.25, 0.3) is 0 Å². The fourth-order valence-electron chi connectivity index (χ4n) is 1.06. The molecule has 5 heteroatoms. The summed E-state index contributed by atoms with van der Waals surface area (Å²) in [4.78, 5) is 21.3. The van der Waals surface area contributed by atoms with Crippen LogP contribution in [0.3, 0.4) is 0 Å². The van der Waals surface area contributed by atoms with Gasteiger partial charge in [0.2, 0.25) is 0 Å². The third kappa shape index (κ3) is 2.30. The molecule has 1 aromatic rings. The van der Waals surface area contributed by atoms with Crippen molar-refractivity contribution in [3.05, 3.63) is 34.9 Å². The van der Waals surface area contributed by atoms with Crippen molar-refractivity contribution in [3.63, 3.8) is 0 Å². The smallest absolute Gasteiger partial charge is 0.335 e. The lowest BCUT2D eigenvalue weighted by Crippen LogP contribution is -2.03. The molecule has 0 heterocycles. The van der Waals surface area contributed by atoms with E-state index in [1.54, 1.807) is 0 Å². The molecule has 0 aliphatic heterocycles. The highest BCUT2D eigenvalue weighted by molar-refractivity contribution is 7.15. The predicted octanol–water partition coefficient (Wildman–Crippen LogP) is 1.46. The van der Waals surface area contributed by atoms with Crippen LogP contribution in [0, 0.1) is 0 Å². The lowest BCUT2D eigenvalue weighted by atomic mass is 10.1. The van der Waals surface area contributed by atoms with E-state index in [1.807, 2.05) is 0 Å². The molecule has 14 heavy (non-hydrogen) atoms. The molecule has 0 aromatic heterocycles. The van der Waals surface area contributed by atoms with E-state index >= 15 is 0 Å². The van der Waals surface area contributed by atoms with Gasteiger partial charge in [0.15, 0.2) is 0 Å². The van der Waals surface area contributed by atoms with Gasteiger partial charge < -0.3 is 10.2 Å². The second kappa shape index (κ2) is 4.20. The monoisotopic (exact) mass is 212 g/mol. The maximum absolute atomic E-state index is 10.6. The summed E-state index contributed by atoms with van der Waals surface area (Å²) < 4.78 is 0. The lowest BCUT2D eigenvalue weighted by Gasteiger charge is -2.02. The van der Waals surface area contributed by atoms with Gasteiger partial charge in [-0.25, -0.2) is 9.59 Å². The van der Waals surface area contributed by atoms with Gasteiger partial charge >= 0.3 is 11.9 Å². The number of hydrogen-bond donors (Lipinski definition) is 2. The van der Waals surface area contributed by atoms with Gasteiger partial charge in [0.05, 0.1) is 11.1 Å². The normalized spacial score (nSPS) is 9.79. The second-order valence-electron chi connectivity index (χ2n) is 2.73. The van der Waals surface area contributed by atoms with Gasteiger partial charge in [0.1, 0.15) is 0 Å². The van der Waals surface area contributed by atoms with Crippen LogP contribution in [-0.4, -0.2) is 22.2 Å². The Balaban J connectivity index is 3.27. The maximum Gasteiger partial charge on any atom is 0.335 e. The van der Waals surface area contributed by atoms with Crippen LogP contribution in [-0.2, 0) is 6.16 Å². The highest BCUT2D eigenvalue weighted by Crippen LogP contribution is 2.13. The zero-order chi connectivity index (χ0) is 10.7. The topological polar surface area (TPSA) is 74.6 Å². The second-order valence-corrected chi connectivity index (χ2v) is 3.14. The Morgan fingerprint density at radius 3 is 1.79 bits per heavy atom. The summed E-state index contributed by atoms with van der Waals surface area (Å²) >= 11 is 0. The minimum absolute atomic E-state index is 0.00218. The number of carbonyl (C=O) groups is 2. The Labute approximate surface area is 82.8 Å². The lowest BCUT2D eigenvalue weighted by molar-refractivity contribution is 0.0696. The molecule has 1 aromatic carbocycles. The number of benzene rings is 1. The molecular weight excluding hydrogens is 203 g/mol. The standard InChI is InChI=1S/C9H9O4P/c10-8(11)6-1-5(4-14)2-7(3-6)9(12)13/h1-3H,4,14H2,(H,10,11)(H,12,13). The molecule has 0 bridgehead atoms. The number of rotatable bonds is 3. The van der Waals surface area contributed by atoms with Gasteiger partial charge in [-0.3, -0.25) is 0 Å². The zero-order valence-electron chi connectivity index (χ0n) is 7.23. The number of carboxylic acid groups (broad SMARTS) is 2. The Hall–Kier alpha value is -1.41. The molecule has 2 N–H and O–H groups in total. The van der Waals surface area contributed by atoms with Crippen molar-refractivity contribution in [1.82, 2.24) is 0 Å². The number of aromatic carboxylic acids is 2. The maximum atomic E-state index is 10.6. The SMILES string of the molecule is O=C(O)c1cc(CP)cc(C(=O)O)c1. The van der Waals surface area contributed by atoms with Crippen LogP contribution in [0.2, 0.25) is 0 Å².